The Bertz CT molecular complexity index is 1110. The van der Waals surface area contributed by atoms with Crippen LogP contribution >= 0.6 is 0 Å². The molecule has 3 aromatic carbocycles. The predicted molar refractivity (Wildman–Crippen MR) is 125 cm³/mol. The first-order valence-corrected chi connectivity index (χ1v) is 10.8. The number of hydrogen-bond acceptors (Lipinski definition) is 2. The summed E-state index contributed by atoms with van der Waals surface area (Å²) in [5.41, 5.74) is 8.04. The normalized spacial score (nSPS) is 20.1. The summed E-state index contributed by atoms with van der Waals surface area (Å²) in [4.78, 5) is 0. The van der Waals surface area contributed by atoms with Gasteiger partial charge in [0.05, 0.1) is 11.2 Å². The van der Waals surface area contributed by atoms with Crippen molar-refractivity contribution >= 4 is 12.6 Å². The third-order valence-corrected chi connectivity index (χ3v) is 7.35. The van der Waals surface area contributed by atoms with E-state index in [0.717, 1.165) is 5.46 Å². The van der Waals surface area contributed by atoms with Gasteiger partial charge in [-0.3, -0.25) is 0 Å². The molecule has 0 unspecified atom stereocenters. The zero-order chi connectivity index (χ0) is 21.3. The molecule has 0 amide bonds. The van der Waals surface area contributed by atoms with E-state index in [-0.39, 0.29) is 16.6 Å². The number of benzene rings is 3. The van der Waals surface area contributed by atoms with E-state index in [1.54, 1.807) is 0 Å². The molecular weight excluding hydrogens is 367 g/mol. The van der Waals surface area contributed by atoms with Crippen LogP contribution in [0.3, 0.4) is 0 Å². The van der Waals surface area contributed by atoms with Crippen molar-refractivity contribution < 1.29 is 9.31 Å². The fraction of sp³-hybridized carbons (Fsp3) is 0.333. The lowest BCUT2D eigenvalue weighted by Crippen LogP contribution is -2.41. The van der Waals surface area contributed by atoms with Gasteiger partial charge in [0.1, 0.15) is 0 Å². The highest BCUT2D eigenvalue weighted by atomic mass is 16.7. The molecule has 5 rings (SSSR count). The molecule has 152 valence electrons. The third-order valence-electron chi connectivity index (χ3n) is 7.35. The van der Waals surface area contributed by atoms with E-state index in [9.17, 15) is 0 Å². The molecule has 0 N–H and O–H groups in total. The molecule has 1 aliphatic heterocycles. The van der Waals surface area contributed by atoms with E-state index in [1.165, 1.54) is 33.4 Å². The smallest absolute Gasteiger partial charge is 0.399 e. The average Bonchev–Trinajstić information content (AvgIpc) is 3.07. The van der Waals surface area contributed by atoms with Gasteiger partial charge in [-0.25, -0.2) is 0 Å². The van der Waals surface area contributed by atoms with E-state index >= 15 is 0 Å². The van der Waals surface area contributed by atoms with Gasteiger partial charge >= 0.3 is 7.12 Å². The first kappa shape index (κ1) is 19.6. The first-order chi connectivity index (χ1) is 14.1. The van der Waals surface area contributed by atoms with Crippen LogP contribution in [0.25, 0.3) is 22.3 Å². The summed E-state index contributed by atoms with van der Waals surface area (Å²) in [7, 11) is -0.394. The first-order valence-electron chi connectivity index (χ1n) is 10.8. The monoisotopic (exact) mass is 396 g/mol. The molecule has 1 saturated heterocycles. The van der Waals surface area contributed by atoms with Crippen molar-refractivity contribution in [3.63, 3.8) is 0 Å². The number of hydrogen-bond donors (Lipinski definition) is 0. The van der Waals surface area contributed by atoms with Gasteiger partial charge in [-0.2, -0.15) is 0 Å². The number of fused-ring (bicyclic) bond motifs is 3. The van der Waals surface area contributed by atoms with Gasteiger partial charge in [0, 0.05) is 5.41 Å². The van der Waals surface area contributed by atoms with E-state index in [4.69, 9.17) is 9.31 Å². The van der Waals surface area contributed by atoms with Gasteiger partial charge in [0.2, 0.25) is 0 Å². The van der Waals surface area contributed by atoms with Crippen molar-refractivity contribution in [1.29, 1.82) is 0 Å². The van der Waals surface area contributed by atoms with Crippen LogP contribution < -0.4 is 5.46 Å². The van der Waals surface area contributed by atoms with Crippen LogP contribution in [0.1, 0.15) is 52.7 Å². The zero-order valence-corrected chi connectivity index (χ0v) is 18.7. The van der Waals surface area contributed by atoms with Gasteiger partial charge in [-0.05, 0) is 72.6 Å². The molecular formula is C27H29BO2. The van der Waals surface area contributed by atoms with Gasteiger partial charge in [0.25, 0.3) is 0 Å². The predicted octanol–water partition coefficient (Wildman–Crippen LogP) is 5.96. The Kier molecular flexibility index (Phi) is 4.13. The Morgan fingerprint density at radius 2 is 1.20 bits per heavy atom. The minimum absolute atomic E-state index is 0.0560. The maximum absolute atomic E-state index is 6.50. The van der Waals surface area contributed by atoms with Crippen LogP contribution in [0, 0.1) is 0 Å². The number of rotatable bonds is 2. The molecule has 0 radical (unpaired) electrons. The highest BCUT2D eigenvalue weighted by Gasteiger charge is 2.52. The van der Waals surface area contributed by atoms with Gasteiger partial charge in [-0.1, -0.05) is 74.5 Å². The Labute approximate surface area is 180 Å². The minimum Gasteiger partial charge on any atom is -0.399 e. The second-order valence-electron chi connectivity index (χ2n) is 10.1. The molecule has 0 aromatic heterocycles. The largest absolute Gasteiger partial charge is 0.495 e. The van der Waals surface area contributed by atoms with Crippen LogP contribution in [0.4, 0.5) is 0 Å². The van der Waals surface area contributed by atoms with E-state index in [2.05, 4.69) is 108 Å². The molecule has 0 spiro atoms. The lowest BCUT2D eigenvalue weighted by atomic mass is 9.71. The maximum Gasteiger partial charge on any atom is 0.495 e. The molecule has 30 heavy (non-hydrogen) atoms. The zero-order valence-electron chi connectivity index (χ0n) is 18.7. The summed E-state index contributed by atoms with van der Waals surface area (Å²) in [6.07, 6.45) is 0. The van der Waals surface area contributed by atoms with Crippen molar-refractivity contribution in [1.82, 2.24) is 0 Å². The summed E-state index contributed by atoms with van der Waals surface area (Å²) in [6.45, 7) is 13.1. The van der Waals surface area contributed by atoms with Crippen molar-refractivity contribution in [3.05, 3.63) is 77.9 Å². The second-order valence-corrected chi connectivity index (χ2v) is 10.1. The molecule has 0 bridgehead atoms. The second kappa shape index (κ2) is 6.32. The van der Waals surface area contributed by atoms with Gasteiger partial charge < -0.3 is 9.31 Å². The van der Waals surface area contributed by atoms with Crippen LogP contribution in [-0.4, -0.2) is 18.3 Å². The molecule has 0 saturated carbocycles. The molecule has 1 aliphatic carbocycles. The van der Waals surface area contributed by atoms with Gasteiger partial charge in [0.15, 0.2) is 0 Å². The topological polar surface area (TPSA) is 18.5 Å². The Morgan fingerprint density at radius 3 is 1.87 bits per heavy atom. The quantitative estimate of drug-likeness (QED) is 0.498. The summed E-state index contributed by atoms with van der Waals surface area (Å²) in [5, 5.41) is 0. The Hall–Kier alpha value is -2.36. The fourth-order valence-electron chi connectivity index (χ4n) is 4.80. The highest BCUT2D eigenvalue weighted by molar-refractivity contribution is 6.64. The Morgan fingerprint density at radius 1 is 0.600 bits per heavy atom. The summed E-state index contributed by atoms with van der Waals surface area (Å²) >= 11 is 0. The van der Waals surface area contributed by atoms with E-state index in [1.807, 2.05) is 0 Å². The van der Waals surface area contributed by atoms with E-state index < -0.39 is 7.12 Å². The van der Waals surface area contributed by atoms with Crippen molar-refractivity contribution in [2.75, 3.05) is 0 Å². The minimum atomic E-state index is -0.394. The molecule has 1 fully saturated rings. The van der Waals surface area contributed by atoms with Crippen molar-refractivity contribution in [2.24, 2.45) is 0 Å². The fourth-order valence-corrected chi connectivity index (χ4v) is 4.80. The molecule has 2 nitrogen and oxygen atoms in total. The molecule has 1 heterocycles. The van der Waals surface area contributed by atoms with Crippen LogP contribution in [0.15, 0.2) is 66.7 Å². The lowest BCUT2D eigenvalue weighted by Gasteiger charge is -2.32. The molecule has 0 atom stereocenters. The standard InChI is InChI=1S/C27H29BO2/c1-25(2)22-15-11-10-14-19(22)21-16-20(18-12-8-7-9-13-18)24(17-23(21)25)28-29-26(3,4)27(5,6)30-28/h7-17H,1-6H3. The SMILES string of the molecule is CC1(C)c2ccccc2-c2cc(-c3ccccc3)c(B3OC(C)(C)C(C)(C)O3)cc21. The van der Waals surface area contributed by atoms with Crippen LogP contribution in [0.5, 0.6) is 0 Å². The molecule has 3 aromatic rings. The lowest BCUT2D eigenvalue weighted by molar-refractivity contribution is 0.00578. The van der Waals surface area contributed by atoms with Crippen LogP contribution in [-0.2, 0) is 14.7 Å². The van der Waals surface area contributed by atoms with Crippen molar-refractivity contribution in [3.8, 4) is 22.3 Å². The van der Waals surface area contributed by atoms with Crippen molar-refractivity contribution in [2.45, 2.75) is 58.2 Å². The highest BCUT2D eigenvalue weighted by Crippen LogP contribution is 2.49. The van der Waals surface area contributed by atoms with Gasteiger partial charge in [-0.15, -0.1) is 0 Å². The summed E-state index contributed by atoms with van der Waals surface area (Å²) < 4.78 is 13.0. The maximum atomic E-state index is 6.50. The molecule has 2 aliphatic rings. The summed E-state index contributed by atoms with van der Waals surface area (Å²) in [6, 6.07) is 24.0. The third kappa shape index (κ3) is 2.72. The van der Waals surface area contributed by atoms with Crippen LogP contribution in [0.2, 0.25) is 0 Å². The van der Waals surface area contributed by atoms with E-state index in [0.29, 0.717) is 0 Å². The summed E-state index contributed by atoms with van der Waals surface area (Å²) in [5.74, 6) is 0. The molecule has 3 heteroatoms. The Balaban J connectivity index is 1.75. The average molecular weight is 396 g/mol.